The standard InChI is InChI=1S/C13H16N2/c1-11(6-8-14)15-9-7-12-4-2-3-5-13(12)10-15/h2-5,7-9,11,14H,6,10H2,1H3. The van der Waals surface area contributed by atoms with Crippen LogP contribution in [-0.2, 0) is 6.54 Å². The molecule has 15 heavy (non-hydrogen) atoms. The highest BCUT2D eigenvalue weighted by molar-refractivity contribution is 5.56. The van der Waals surface area contributed by atoms with Gasteiger partial charge in [-0.1, -0.05) is 24.3 Å². The Balaban J connectivity index is 2.15. The monoisotopic (exact) mass is 200 g/mol. The third kappa shape index (κ3) is 2.09. The Morgan fingerprint density at radius 3 is 3.07 bits per heavy atom. The van der Waals surface area contributed by atoms with Gasteiger partial charge >= 0.3 is 0 Å². The van der Waals surface area contributed by atoms with Crippen LogP contribution in [0, 0.1) is 5.41 Å². The molecular weight excluding hydrogens is 184 g/mol. The summed E-state index contributed by atoms with van der Waals surface area (Å²) in [7, 11) is 0. The van der Waals surface area contributed by atoms with Gasteiger partial charge in [0.2, 0.25) is 0 Å². The van der Waals surface area contributed by atoms with Crippen molar-refractivity contribution in [2.75, 3.05) is 0 Å². The van der Waals surface area contributed by atoms with Crippen molar-refractivity contribution in [1.82, 2.24) is 4.90 Å². The smallest absolute Gasteiger partial charge is 0.0433 e. The fourth-order valence-corrected chi connectivity index (χ4v) is 1.87. The second kappa shape index (κ2) is 4.30. The molecule has 1 aliphatic heterocycles. The Labute approximate surface area is 90.7 Å². The number of nitrogens with one attached hydrogen (secondary N) is 1. The average molecular weight is 200 g/mol. The van der Waals surface area contributed by atoms with Gasteiger partial charge in [-0.15, -0.1) is 0 Å². The van der Waals surface area contributed by atoms with Crippen molar-refractivity contribution in [3.8, 4) is 0 Å². The number of hydrogen-bond acceptors (Lipinski definition) is 2. The molecule has 1 unspecified atom stereocenters. The van der Waals surface area contributed by atoms with E-state index in [2.05, 4.69) is 48.4 Å². The summed E-state index contributed by atoms with van der Waals surface area (Å²) < 4.78 is 0. The maximum Gasteiger partial charge on any atom is 0.0433 e. The van der Waals surface area contributed by atoms with Crippen LogP contribution in [0.15, 0.2) is 30.5 Å². The molecule has 2 nitrogen and oxygen atoms in total. The topological polar surface area (TPSA) is 27.1 Å². The second-order valence-electron chi connectivity index (χ2n) is 3.98. The minimum absolute atomic E-state index is 0.409. The first-order valence-corrected chi connectivity index (χ1v) is 5.32. The fourth-order valence-electron chi connectivity index (χ4n) is 1.87. The Bertz CT molecular complexity index is 382. The molecule has 2 heteroatoms. The molecule has 0 bridgehead atoms. The van der Waals surface area contributed by atoms with Crippen molar-refractivity contribution >= 4 is 12.3 Å². The van der Waals surface area contributed by atoms with Gasteiger partial charge in [0, 0.05) is 25.2 Å². The van der Waals surface area contributed by atoms with E-state index in [4.69, 9.17) is 5.41 Å². The summed E-state index contributed by atoms with van der Waals surface area (Å²) in [5.41, 5.74) is 2.69. The Morgan fingerprint density at radius 1 is 1.47 bits per heavy atom. The van der Waals surface area contributed by atoms with Gasteiger partial charge in [0.25, 0.3) is 0 Å². The van der Waals surface area contributed by atoms with Gasteiger partial charge in [0.15, 0.2) is 0 Å². The van der Waals surface area contributed by atoms with Crippen LogP contribution < -0.4 is 0 Å². The molecule has 2 rings (SSSR count). The van der Waals surface area contributed by atoms with E-state index >= 15 is 0 Å². The van der Waals surface area contributed by atoms with Crippen LogP contribution in [0.25, 0.3) is 6.08 Å². The summed E-state index contributed by atoms with van der Waals surface area (Å²) in [6, 6.07) is 8.87. The Kier molecular flexibility index (Phi) is 2.86. The third-order valence-electron chi connectivity index (χ3n) is 2.88. The lowest BCUT2D eigenvalue weighted by Crippen LogP contribution is -2.29. The lowest BCUT2D eigenvalue weighted by Gasteiger charge is -2.30. The van der Waals surface area contributed by atoms with Crippen molar-refractivity contribution < 1.29 is 0 Å². The van der Waals surface area contributed by atoms with Crippen LogP contribution in [0.4, 0.5) is 0 Å². The lowest BCUT2D eigenvalue weighted by atomic mass is 10.0. The molecule has 0 saturated carbocycles. The van der Waals surface area contributed by atoms with Crippen molar-refractivity contribution in [2.24, 2.45) is 0 Å². The zero-order chi connectivity index (χ0) is 10.7. The number of fused-ring (bicyclic) bond motifs is 1. The first-order valence-electron chi connectivity index (χ1n) is 5.32. The molecule has 0 spiro atoms. The highest BCUT2D eigenvalue weighted by Gasteiger charge is 2.14. The van der Waals surface area contributed by atoms with Gasteiger partial charge in [-0.3, -0.25) is 0 Å². The summed E-state index contributed by atoms with van der Waals surface area (Å²) in [6.45, 7) is 3.12. The van der Waals surface area contributed by atoms with Crippen LogP contribution in [-0.4, -0.2) is 17.2 Å². The molecule has 0 aromatic heterocycles. The van der Waals surface area contributed by atoms with E-state index in [9.17, 15) is 0 Å². The van der Waals surface area contributed by atoms with Crippen molar-refractivity contribution in [3.05, 3.63) is 41.6 Å². The van der Waals surface area contributed by atoms with Gasteiger partial charge in [-0.25, -0.2) is 0 Å². The quantitative estimate of drug-likeness (QED) is 0.746. The number of benzene rings is 1. The molecule has 1 atom stereocenters. The number of hydrogen-bond donors (Lipinski definition) is 1. The predicted molar refractivity (Wildman–Crippen MR) is 63.9 cm³/mol. The summed E-state index contributed by atoms with van der Waals surface area (Å²) >= 11 is 0. The SMILES string of the molecule is CC(CC=N)N1C=Cc2ccccc2C1. The van der Waals surface area contributed by atoms with Crippen LogP contribution in [0.3, 0.4) is 0 Å². The van der Waals surface area contributed by atoms with E-state index in [0.29, 0.717) is 6.04 Å². The largest absolute Gasteiger partial charge is 0.370 e. The first-order chi connectivity index (χ1) is 7.31. The Morgan fingerprint density at radius 2 is 2.27 bits per heavy atom. The van der Waals surface area contributed by atoms with Gasteiger partial charge in [-0.2, -0.15) is 0 Å². The molecule has 0 fully saturated rings. The molecule has 0 radical (unpaired) electrons. The van der Waals surface area contributed by atoms with Gasteiger partial charge in [-0.05, 0) is 30.3 Å². The zero-order valence-corrected chi connectivity index (χ0v) is 8.98. The normalized spacial score (nSPS) is 15.9. The van der Waals surface area contributed by atoms with Crippen LogP contribution >= 0.6 is 0 Å². The van der Waals surface area contributed by atoms with E-state index in [1.165, 1.54) is 17.3 Å². The van der Waals surface area contributed by atoms with E-state index in [0.717, 1.165) is 13.0 Å². The summed E-state index contributed by atoms with van der Waals surface area (Å²) in [5.74, 6) is 0. The summed E-state index contributed by atoms with van der Waals surface area (Å²) in [4.78, 5) is 2.29. The van der Waals surface area contributed by atoms with E-state index in [1.54, 1.807) is 0 Å². The van der Waals surface area contributed by atoms with E-state index < -0.39 is 0 Å². The minimum atomic E-state index is 0.409. The van der Waals surface area contributed by atoms with Gasteiger partial charge in [0.1, 0.15) is 0 Å². The molecule has 1 N–H and O–H groups in total. The van der Waals surface area contributed by atoms with Gasteiger partial charge in [0.05, 0.1) is 0 Å². The minimum Gasteiger partial charge on any atom is -0.370 e. The van der Waals surface area contributed by atoms with Gasteiger partial charge < -0.3 is 10.3 Å². The molecular formula is C13H16N2. The lowest BCUT2D eigenvalue weighted by molar-refractivity contribution is 0.291. The summed E-state index contributed by atoms with van der Waals surface area (Å²) in [6.07, 6.45) is 6.58. The third-order valence-corrected chi connectivity index (χ3v) is 2.88. The Hall–Kier alpha value is -1.57. The van der Waals surface area contributed by atoms with Crippen LogP contribution in [0.2, 0.25) is 0 Å². The second-order valence-corrected chi connectivity index (χ2v) is 3.98. The number of nitrogens with zero attached hydrogens (tertiary/aromatic N) is 1. The summed E-state index contributed by atoms with van der Waals surface area (Å²) in [5, 5.41) is 7.12. The molecule has 78 valence electrons. The van der Waals surface area contributed by atoms with Crippen molar-refractivity contribution in [2.45, 2.75) is 25.9 Å². The molecule has 1 aliphatic rings. The maximum absolute atomic E-state index is 7.12. The predicted octanol–water partition coefficient (Wildman–Crippen LogP) is 2.90. The highest BCUT2D eigenvalue weighted by Crippen LogP contribution is 2.21. The average Bonchev–Trinajstić information content (AvgIpc) is 2.29. The van der Waals surface area contributed by atoms with Crippen molar-refractivity contribution in [3.63, 3.8) is 0 Å². The van der Waals surface area contributed by atoms with E-state index in [1.807, 2.05) is 0 Å². The van der Waals surface area contributed by atoms with Crippen LogP contribution in [0.5, 0.6) is 0 Å². The molecule has 1 aromatic carbocycles. The molecule has 1 aromatic rings. The van der Waals surface area contributed by atoms with Crippen molar-refractivity contribution in [1.29, 1.82) is 5.41 Å². The molecule has 0 aliphatic carbocycles. The fraction of sp³-hybridized carbons (Fsp3) is 0.308. The maximum atomic E-state index is 7.12. The van der Waals surface area contributed by atoms with E-state index in [-0.39, 0.29) is 0 Å². The molecule has 0 amide bonds. The number of rotatable bonds is 3. The highest BCUT2D eigenvalue weighted by atomic mass is 15.1. The zero-order valence-electron chi connectivity index (χ0n) is 8.98. The van der Waals surface area contributed by atoms with Crippen LogP contribution in [0.1, 0.15) is 24.5 Å². The molecule has 0 saturated heterocycles. The molecule has 1 heterocycles. The first kappa shape index (κ1) is 9.97.